The molecule has 1 aromatic rings. The van der Waals surface area contributed by atoms with Gasteiger partial charge in [-0.25, -0.2) is 0 Å². The minimum absolute atomic E-state index is 0.140. The molecule has 1 aliphatic heterocycles. The summed E-state index contributed by atoms with van der Waals surface area (Å²) >= 11 is 9.10. The average Bonchev–Trinajstić information content (AvgIpc) is 2.80. The average molecular weight is 389 g/mol. The lowest BCUT2D eigenvalue weighted by molar-refractivity contribution is -0.123. The van der Waals surface area contributed by atoms with Gasteiger partial charge < -0.3 is 10.1 Å². The molecule has 1 aromatic carbocycles. The van der Waals surface area contributed by atoms with Crippen molar-refractivity contribution >= 4 is 39.1 Å². The van der Waals surface area contributed by atoms with Gasteiger partial charge in [0.1, 0.15) is 0 Å². The number of hydrogen-bond donors (Lipinski definition) is 1. The molecule has 1 saturated carbocycles. The van der Waals surface area contributed by atoms with Crippen LogP contribution in [-0.4, -0.2) is 24.5 Å². The Balaban J connectivity index is 0.000000847. The zero-order chi connectivity index (χ0) is 16.2. The standard InChI is InChI=1S/C15H17BrClNO2.C2H6/c16-10-1-2-12-13(9-10)18-14(19)15(12)5-3-11(4-6-15)20-8-7-17;1-2/h1-2,9,11H,3-8H2,(H,18,19);1-2H3. The van der Waals surface area contributed by atoms with Crippen molar-refractivity contribution in [1.29, 1.82) is 0 Å². The van der Waals surface area contributed by atoms with Crippen LogP contribution in [0.1, 0.15) is 45.1 Å². The normalized spacial score (nSPS) is 26.2. The van der Waals surface area contributed by atoms with Crippen molar-refractivity contribution in [2.24, 2.45) is 0 Å². The number of benzene rings is 1. The maximum atomic E-state index is 12.5. The number of alkyl halides is 1. The van der Waals surface area contributed by atoms with E-state index in [4.69, 9.17) is 16.3 Å². The molecule has 0 bridgehead atoms. The number of fused-ring (bicyclic) bond motifs is 2. The highest BCUT2D eigenvalue weighted by Crippen LogP contribution is 2.48. The first-order valence-corrected chi connectivity index (χ1v) is 9.27. The first kappa shape index (κ1) is 17.8. The van der Waals surface area contributed by atoms with Gasteiger partial charge in [-0.2, -0.15) is 0 Å². The SMILES string of the molecule is CC.O=C1Nc2cc(Br)ccc2C12CCC(OCCCl)CC2. The van der Waals surface area contributed by atoms with E-state index >= 15 is 0 Å². The topological polar surface area (TPSA) is 38.3 Å². The van der Waals surface area contributed by atoms with Crippen molar-refractivity contribution in [3.8, 4) is 0 Å². The quantitative estimate of drug-likeness (QED) is 0.751. The monoisotopic (exact) mass is 387 g/mol. The molecule has 0 unspecified atom stereocenters. The van der Waals surface area contributed by atoms with E-state index in [-0.39, 0.29) is 17.4 Å². The van der Waals surface area contributed by atoms with Gasteiger partial charge >= 0.3 is 0 Å². The molecule has 1 fully saturated rings. The summed E-state index contributed by atoms with van der Waals surface area (Å²) in [5, 5.41) is 3.03. The van der Waals surface area contributed by atoms with Gasteiger partial charge in [0.05, 0.1) is 18.1 Å². The molecule has 3 rings (SSSR count). The molecule has 1 amide bonds. The molecule has 122 valence electrons. The van der Waals surface area contributed by atoms with Crippen molar-refractivity contribution in [1.82, 2.24) is 0 Å². The lowest BCUT2D eigenvalue weighted by Crippen LogP contribution is -2.40. The summed E-state index contributed by atoms with van der Waals surface area (Å²) in [7, 11) is 0. The highest BCUT2D eigenvalue weighted by Gasteiger charge is 2.48. The summed E-state index contributed by atoms with van der Waals surface area (Å²) in [6.45, 7) is 4.59. The number of halogens is 2. The van der Waals surface area contributed by atoms with Crippen LogP contribution in [0.5, 0.6) is 0 Å². The lowest BCUT2D eigenvalue weighted by atomic mass is 9.69. The van der Waals surface area contributed by atoms with Gasteiger partial charge in [-0.3, -0.25) is 4.79 Å². The number of carbonyl (C=O) groups excluding carboxylic acids is 1. The summed E-state index contributed by atoms with van der Waals surface area (Å²) in [5.41, 5.74) is 1.74. The number of rotatable bonds is 3. The van der Waals surface area contributed by atoms with Crippen LogP contribution in [0, 0.1) is 0 Å². The molecule has 0 radical (unpaired) electrons. The van der Waals surface area contributed by atoms with Crippen LogP contribution in [0.3, 0.4) is 0 Å². The molecule has 0 saturated heterocycles. The Labute approximate surface area is 145 Å². The molecular weight excluding hydrogens is 366 g/mol. The smallest absolute Gasteiger partial charge is 0.235 e. The number of nitrogens with one attached hydrogen (secondary N) is 1. The molecular formula is C17H23BrClNO2. The Hall–Kier alpha value is -0.580. The summed E-state index contributed by atoms with van der Waals surface area (Å²) in [5.74, 6) is 0.667. The number of carbonyl (C=O) groups is 1. The predicted molar refractivity (Wildman–Crippen MR) is 94.7 cm³/mol. The first-order valence-electron chi connectivity index (χ1n) is 7.95. The third-order valence-corrected chi connectivity index (χ3v) is 5.04. The fraction of sp³-hybridized carbons (Fsp3) is 0.588. The van der Waals surface area contributed by atoms with Crippen LogP contribution in [-0.2, 0) is 14.9 Å². The predicted octanol–water partition coefficient (Wildman–Crippen LogP) is 4.86. The van der Waals surface area contributed by atoms with E-state index in [9.17, 15) is 4.79 Å². The zero-order valence-electron chi connectivity index (χ0n) is 13.1. The van der Waals surface area contributed by atoms with E-state index < -0.39 is 0 Å². The van der Waals surface area contributed by atoms with E-state index in [2.05, 4.69) is 27.3 Å². The van der Waals surface area contributed by atoms with Crippen molar-refractivity contribution < 1.29 is 9.53 Å². The van der Waals surface area contributed by atoms with Crippen LogP contribution >= 0.6 is 27.5 Å². The van der Waals surface area contributed by atoms with E-state index in [0.717, 1.165) is 41.4 Å². The Morgan fingerprint density at radius 3 is 2.68 bits per heavy atom. The third-order valence-electron chi connectivity index (χ3n) is 4.40. The van der Waals surface area contributed by atoms with Gasteiger partial charge in [0.25, 0.3) is 0 Å². The molecule has 1 heterocycles. The van der Waals surface area contributed by atoms with E-state index in [1.54, 1.807) is 0 Å². The summed E-state index contributed by atoms with van der Waals surface area (Å²) in [6.07, 6.45) is 3.77. The Kier molecular flexibility index (Phi) is 6.30. The fourth-order valence-corrected chi connectivity index (χ4v) is 3.81. The van der Waals surface area contributed by atoms with Crippen molar-refractivity contribution in [3.05, 3.63) is 28.2 Å². The lowest BCUT2D eigenvalue weighted by Gasteiger charge is -2.35. The van der Waals surface area contributed by atoms with Gasteiger partial charge in [0.2, 0.25) is 5.91 Å². The Morgan fingerprint density at radius 2 is 2.05 bits per heavy atom. The second-order valence-corrected chi connectivity index (χ2v) is 6.78. The van der Waals surface area contributed by atoms with E-state index in [1.165, 1.54) is 0 Å². The Bertz CT molecular complexity index is 527. The first-order chi connectivity index (χ1) is 10.7. The third kappa shape index (κ3) is 3.34. The van der Waals surface area contributed by atoms with Gasteiger partial charge in [-0.15, -0.1) is 11.6 Å². The highest BCUT2D eigenvalue weighted by molar-refractivity contribution is 9.10. The highest BCUT2D eigenvalue weighted by atomic mass is 79.9. The van der Waals surface area contributed by atoms with Gasteiger partial charge in [0, 0.05) is 16.0 Å². The van der Waals surface area contributed by atoms with Gasteiger partial charge in [0.15, 0.2) is 0 Å². The van der Waals surface area contributed by atoms with Crippen LogP contribution in [0.2, 0.25) is 0 Å². The molecule has 3 nitrogen and oxygen atoms in total. The molecule has 0 atom stereocenters. The maximum absolute atomic E-state index is 12.5. The van der Waals surface area contributed by atoms with Gasteiger partial charge in [-0.05, 0) is 43.4 Å². The molecule has 1 N–H and O–H groups in total. The summed E-state index contributed by atoms with van der Waals surface area (Å²) in [6, 6.07) is 6.06. The van der Waals surface area contributed by atoms with Crippen LogP contribution in [0.15, 0.2) is 22.7 Å². The minimum atomic E-state index is -0.350. The number of hydrogen-bond acceptors (Lipinski definition) is 2. The van der Waals surface area contributed by atoms with E-state index in [1.807, 2.05) is 26.0 Å². The van der Waals surface area contributed by atoms with Crippen molar-refractivity contribution in [2.75, 3.05) is 17.8 Å². The molecule has 2 aliphatic rings. The second-order valence-electron chi connectivity index (χ2n) is 5.49. The zero-order valence-corrected chi connectivity index (χ0v) is 15.5. The molecule has 1 spiro atoms. The van der Waals surface area contributed by atoms with Crippen molar-refractivity contribution in [2.45, 2.75) is 51.0 Å². The largest absolute Gasteiger partial charge is 0.377 e. The molecule has 5 heteroatoms. The maximum Gasteiger partial charge on any atom is 0.235 e. The number of ether oxygens (including phenoxy) is 1. The molecule has 22 heavy (non-hydrogen) atoms. The number of amides is 1. The summed E-state index contributed by atoms with van der Waals surface area (Å²) < 4.78 is 6.70. The fourth-order valence-electron chi connectivity index (χ4n) is 3.36. The minimum Gasteiger partial charge on any atom is -0.377 e. The molecule has 0 aromatic heterocycles. The van der Waals surface area contributed by atoms with Crippen LogP contribution < -0.4 is 5.32 Å². The van der Waals surface area contributed by atoms with Gasteiger partial charge in [-0.1, -0.05) is 35.8 Å². The number of anilines is 1. The van der Waals surface area contributed by atoms with Crippen molar-refractivity contribution in [3.63, 3.8) is 0 Å². The second kappa shape index (κ2) is 7.80. The summed E-state index contributed by atoms with van der Waals surface area (Å²) in [4.78, 5) is 12.5. The van der Waals surface area contributed by atoms with E-state index in [0.29, 0.717) is 12.5 Å². The van der Waals surface area contributed by atoms with Crippen LogP contribution in [0.25, 0.3) is 0 Å². The Morgan fingerprint density at radius 1 is 1.36 bits per heavy atom. The van der Waals surface area contributed by atoms with Crippen LogP contribution in [0.4, 0.5) is 5.69 Å². The molecule has 1 aliphatic carbocycles.